The molecule has 0 bridgehead atoms. The molecular weight excluding hydrogens is 150 g/mol. The first-order valence-electron chi connectivity index (χ1n) is 5.27. The number of fused-ring (bicyclic) bond motifs is 1. The molecule has 1 heterocycles. The van der Waals surface area contributed by atoms with Crippen LogP contribution in [0.1, 0.15) is 25.7 Å². The van der Waals surface area contributed by atoms with E-state index < -0.39 is 0 Å². The van der Waals surface area contributed by atoms with Gasteiger partial charge in [-0.3, -0.25) is 4.90 Å². The first-order chi connectivity index (χ1) is 5.90. The molecular formula is C10H17NO. The molecule has 2 saturated carbocycles. The molecule has 1 saturated heterocycles. The number of hydrogen-bond acceptors (Lipinski definition) is 2. The first kappa shape index (κ1) is 7.34. The third-order valence-corrected chi connectivity index (χ3v) is 3.85. The lowest BCUT2D eigenvalue weighted by atomic mass is 10.1. The Morgan fingerprint density at radius 1 is 1.25 bits per heavy atom. The fourth-order valence-electron chi connectivity index (χ4n) is 2.90. The van der Waals surface area contributed by atoms with Crippen LogP contribution in [0.2, 0.25) is 0 Å². The summed E-state index contributed by atoms with van der Waals surface area (Å²) in [7, 11) is 0. The number of likely N-dealkylation sites (tertiary alicyclic amines) is 1. The predicted molar refractivity (Wildman–Crippen MR) is 46.8 cm³/mol. The molecule has 1 aliphatic heterocycles. The fraction of sp³-hybridized carbons (Fsp3) is 1.00. The maximum Gasteiger partial charge on any atom is 0.0474 e. The van der Waals surface area contributed by atoms with Gasteiger partial charge in [0.15, 0.2) is 0 Å². The minimum absolute atomic E-state index is 0.415. The Labute approximate surface area is 73.6 Å². The lowest BCUT2D eigenvalue weighted by Crippen LogP contribution is -2.34. The van der Waals surface area contributed by atoms with E-state index in [9.17, 15) is 0 Å². The van der Waals surface area contributed by atoms with Crippen LogP contribution in [-0.4, -0.2) is 35.2 Å². The summed E-state index contributed by atoms with van der Waals surface area (Å²) >= 11 is 0. The molecule has 3 fully saturated rings. The summed E-state index contributed by atoms with van der Waals surface area (Å²) in [4.78, 5) is 2.68. The predicted octanol–water partition coefficient (Wildman–Crippen LogP) is 0.851. The number of aliphatic hydroxyl groups excluding tert-OH is 1. The van der Waals surface area contributed by atoms with Crippen molar-refractivity contribution in [1.82, 2.24) is 4.90 Å². The maximum atomic E-state index is 8.98. The van der Waals surface area contributed by atoms with Crippen LogP contribution in [0.3, 0.4) is 0 Å². The van der Waals surface area contributed by atoms with Gasteiger partial charge >= 0.3 is 0 Å². The van der Waals surface area contributed by atoms with Crippen molar-refractivity contribution < 1.29 is 5.11 Å². The van der Waals surface area contributed by atoms with Crippen molar-refractivity contribution in [3.05, 3.63) is 0 Å². The van der Waals surface area contributed by atoms with Crippen molar-refractivity contribution in [3.8, 4) is 0 Å². The van der Waals surface area contributed by atoms with Crippen LogP contribution < -0.4 is 0 Å². The number of rotatable bonds is 2. The molecule has 1 N–H and O–H groups in total. The molecule has 0 aromatic carbocycles. The molecule has 0 aromatic heterocycles. The molecule has 3 aliphatic rings. The minimum atomic E-state index is 0.415. The molecule has 3 rings (SSSR count). The minimum Gasteiger partial charge on any atom is -0.396 e. The second kappa shape index (κ2) is 2.46. The van der Waals surface area contributed by atoms with Gasteiger partial charge < -0.3 is 5.11 Å². The van der Waals surface area contributed by atoms with E-state index in [1.165, 1.54) is 32.2 Å². The molecule has 0 radical (unpaired) electrons. The van der Waals surface area contributed by atoms with Crippen molar-refractivity contribution in [2.24, 2.45) is 11.8 Å². The van der Waals surface area contributed by atoms with Gasteiger partial charge in [-0.15, -0.1) is 0 Å². The van der Waals surface area contributed by atoms with E-state index in [-0.39, 0.29) is 0 Å². The summed E-state index contributed by atoms with van der Waals surface area (Å²) in [6.07, 6.45) is 5.59. The average molecular weight is 167 g/mol. The van der Waals surface area contributed by atoms with Gasteiger partial charge in [-0.2, -0.15) is 0 Å². The summed E-state index contributed by atoms with van der Waals surface area (Å²) in [5, 5.41) is 8.98. The largest absolute Gasteiger partial charge is 0.396 e. The van der Waals surface area contributed by atoms with Crippen LogP contribution >= 0.6 is 0 Å². The highest BCUT2D eigenvalue weighted by molar-refractivity contribution is 5.06. The van der Waals surface area contributed by atoms with Crippen LogP contribution in [0.5, 0.6) is 0 Å². The molecule has 2 heteroatoms. The second-order valence-electron chi connectivity index (χ2n) is 4.69. The Morgan fingerprint density at radius 3 is 2.92 bits per heavy atom. The Bertz CT molecular complexity index is 194. The van der Waals surface area contributed by atoms with Gasteiger partial charge in [0, 0.05) is 18.7 Å². The number of nitrogens with zero attached hydrogens (tertiary/aromatic N) is 1. The molecule has 2 aliphatic carbocycles. The van der Waals surface area contributed by atoms with Gasteiger partial charge in [0.1, 0.15) is 0 Å². The Kier molecular flexibility index (Phi) is 1.50. The third-order valence-electron chi connectivity index (χ3n) is 3.85. The van der Waals surface area contributed by atoms with Crippen molar-refractivity contribution in [2.45, 2.75) is 37.8 Å². The molecule has 2 nitrogen and oxygen atoms in total. The lowest BCUT2D eigenvalue weighted by molar-refractivity contribution is 0.179. The van der Waals surface area contributed by atoms with Crippen LogP contribution in [0.15, 0.2) is 0 Å². The van der Waals surface area contributed by atoms with Crippen LogP contribution in [-0.2, 0) is 0 Å². The molecule has 0 aromatic rings. The zero-order chi connectivity index (χ0) is 8.13. The SMILES string of the molecule is OCC1CC1N1CCC[C@@H]2C[C@@H]21. The van der Waals surface area contributed by atoms with E-state index in [2.05, 4.69) is 4.90 Å². The molecule has 12 heavy (non-hydrogen) atoms. The van der Waals surface area contributed by atoms with E-state index in [1.807, 2.05) is 0 Å². The van der Waals surface area contributed by atoms with Gasteiger partial charge in [0.25, 0.3) is 0 Å². The van der Waals surface area contributed by atoms with Gasteiger partial charge in [0.2, 0.25) is 0 Å². The third kappa shape index (κ3) is 1.01. The van der Waals surface area contributed by atoms with Crippen molar-refractivity contribution in [1.29, 1.82) is 0 Å². The highest BCUT2D eigenvalue weighted by Crippen LogP contribution is 2.49. The van der Waals surface area contributed by atoms with Gasteiger partial charge in [-0.05, 0) is 44.1 Å². The summed E-state index contributed by atoms with van der Waals surface area (Å²) < 4.78 is 0. The van der Waals surface area contributed by atoms with E-state index in [4.69, 9.17) is 5.11 Å². The Morgan fingerprint density at radius 2 is 2.17 bits per heavy atom. The second-order valence-corrected chi connectivity index (χ2v) is 4.69. The standard InChI is InChI=1S/C10H17NO/c12-6-8-5-10(8)11-3-1-2-7-4-9(7)11/h7-10,12H,1-6H2/t7-,8?,9+,10?/m1/s1. The van der Waals surface area contributed by atoms with E-state index in [1.54, 1.807) is 0 Å². The van der Waals surface area contributed by atoms with Crippen LogP contribution in [0.4, 0.5) is 0 Å². The molecule has 4 atom stereocenters. The average Bonchev–Trinajstić information content (AvgIpc) is 2.98. The van der Waals surface area contributed by atoms with Crippen LogP contribution in [0.25, 0.3) is 0 Å². The topological polar surface area (TPSA) is 23.5 Å². The summed E-state index contributed by atoms with van der Waals surface area (Å²) in [6.45, 7) is 1.72. The van der Waals surface area contributed by atoms with Crippen LogP contribution in [0, 0.1) is 11.8 Å². The highest BCUT2D eigenvalue weighted by Gasteiger charge is 2.52. The van der Waals surface area contributed by atoms with Gasteiger partial charge in [-0.1, -0.05) is 0 Å². The molecule has 68 valence electrons. The van der Waals surface area contributed by atoms with Crippen molar-refractivity contribution in [2.75, 3.05) is 13.2 Å². The lowest BCUT2D eigenvalue weighted by Gasteiger charge is -2.26. The Balaban J connectivity index is 1.62. The normalized spacial score (nSPS) is 51.8. The highest BCUT2D eigenvalue weighted by atomic mass is 16.3. The molecule has 0 spiro atoms. The van der Waals surface area contributed by atoms with E-state index >= 15 is 0 Å². The zero-order valence-electron chi connectivity index (χ0n) is 7.45. The summed E-state index contributed by atoms with van der Waals surface area (Å²) in [5.41, 5.74) is 0. The van der Waals surface area contributed by atoms with E-state index in [0.717, 1.165) is 18.0 Å². The zero-order valence-corrected chi connectivity index (χ0v) is 7.45. The smallest absolute Gasteiger partial charge is 0.0474 e. The van der Waals surface area contributed by atoms with Gasteiger partial charge in [-0.25, -0.2) is 0 Å². The number of aliphatic hydroxyl groups is 1. The number of piperidine rings is 1. The van der Waals surface area contributed by atoms with E-state index in [0.29, 0.717) is 12.5 Å². The van der Waals surface area contributed by atoms with Gasteiger partial charge in [0.05, 0.1) is 0 Å². The van der Waals surface area contributed by atoms with Crippen molar-refractivity contribution in [3.63, 3.8) is 0 Å². The summed E-state index contributed by atoms with van der Waals surface area (Å²) in [5.74, 6) is 1.67. The number of hydrogen-bond donors (Lipinski definition) is 1. The monoisotopic (exact) mass is 167 g/mol. The van der Waals surface area contributed by atoms with Crippen molar-refractivity contribution >= 4 is 0 Å². The maximum absolute atomic E-state index is 8.98. The first-order valence-corrected chi connectivity index (χ1v) is 5.27. The fourth-order valence-corrected chi connectivity index (χ4v) is 2.90. The summed E-state index contributed by atoms with van der Waals surface area (Å²) in [6, 6.07) is 1.70. The quantitative estimate of drug-likeness (QED) is 0.659. The molecule has 2 unspecified atom stereocenters. The molecule has 0 amide bonds. The Hall–Kier alpha value is -0.0800.